The molecule has 1 fully saturated rings. The second kappa shape index (κ2) is 4.86. The first-order valence-corrected chi connectivity index (χ1v) is 6.34. The fraction of sp³-hybridized carbons (Fsp3) is 0.571. The Morgan fingerprint density at radius 3 is 2.47 bits per heavy atom. The van der Waals surface area contributed by atoms with Gasteiger partial charge in [0.1, 0.15) is 0 Å². The lowest BCUT2D eigenvalue weighted by molar-refractivity contribution is 0.0600. The quantitative estimate of drug-likeness (QED) is 0.785. The highest BCUT2D eigenvalue weighted by Crippen LogP contribution is 2.34. The Hall–Kier alpha value is -1.38. The van der Waals surface area contributed by atoms with E-state index < -0.39 is 0 Å². The van der Waals surface area contributed by atoms with Crippen LogP contribution < -0.4 is 0 Å². The fourth-order valence-electron chi connectivity index (χ4n) is 2.28. The number of hydrogen-bond donors (Lipinski definition) is 0. The molecule has 0 bridgehead atoms. The molecule has 0 aromatic carbocycles. The monoisotopic (exact) mass is 232 g/mol. The van der Waals surface area contributed by atoms with Gasteiger partial charge < -0.3 is 4.90 Å². The molecular formula is C14H20N2O. The summed E-state index contributed by atoms with van der Waals surface area (Å²) in [6.07, 6.45) is 6.77. The van der Waals surface area contributed by atoms with Crippen LogP contribution in [0.2, 0.25) is 0 Å². The van der Waals surface area contributed by atoms with Crippen LogP contribution in [0.15, 0.2) is 24.5 Å². The maximum absolute atomic E-state index is 12.2. The van der Waals surface area contributed by atoms with Gasteiger partial charge in [-0.1, -0.05) is 20.3 Å². The van der Waals surface area contributed by atoms with E-state index in [0.29, 0.717) is 5.41 Å². The molecule has 1 aliphatic rings. The van der Waals surface area contributed by atoms with E-state index in [9.17, 15) is 4.79 Å². The lowest BCUT2D eigenvalue weighted by Gasteiger charge is -2.38. The first kappa shape index (κ1) is 12.1. The number of pyridine rings is 1. The molecule has 0 unspecified atom stereocenters. The largest absolute Gasteiger partial charge is 0.339 e. The zero-order chi connectivity index (χ0) is 12.3. The van der Waals surface area contributed by atoms with Crippen LogP contribution >= 0.6 is 0 Å². The molecule has 17 heavy (non-hydrogen) atoms. The number of carbonyl (C=O) groups is 1. The number of rotatable bonds is 2. The van der Waals surface area contributed by atoms with Crippen molar-refractivity contribution < 1.29 is 4.79 Å². The Labute approximate surface area is 103 Å². The van der Waals surface area contributed by atoms with Crippen LogP contribution in [0.3, 0.4) is 0 Å². The molecule has 0 saturated carbocycles. The van der Waals surface area contributed by atoms with Gasteiger partial charge in [0.05, 0.1) is 0 Å². The lowest BCUT2D eigenvalue weighted by atomic mass is 9.78. The highest BCUT2D eigenvalue weighted by atomic mass is 16.2. The zero-order valence-corrected chi connectivity index (χ0v) is 10.6. The summed E-state index contributed by atoms with van der Waals surface area (Å²) >= 11 is 0. The molecule has 0 radical (unpaired) electrons. The number of hydrogen-bond acceptors (Lipinski definition) is 2. The highest BCUT2D eigenvalue weighted by molar-refractivity contribution is 5.94. The summed E-state index contributed by atoms with van der Waals surface area (Å²) in [5, 5.41) is 0. The van der Waals surface area contributed by atoms with Crippen molar-refractivity contribution in [2.45, 2.75) is 33.1 Å². The van der Waals surface area contributed by atoms with E-state index in [-0.39, 0.29) is 5.91 Å². The van der Waals surface area contributed by atoms with Gasteiger partial charge >= 0.3 is 0 Å². The molecule has 0 atom stereocenters. The predicted molar refractivity (Wildman–Crippen MR) is 67.8 cm³/mol. The maximum Gasteiger partial charge on any atom is 0.253 e. The smallest absolute Gasteiger partial charge is 0.253 e. The molecule has 2 heterocycles. The summed E-state index contributed by atoms with van der Waals surface area (Å²) in [7, 11) is 0. The van der Waals surface area contributed by atoms with Crippen molar-refractivity contribution in [2.75, 3.05) is 13.1 Å². The van der Waals surface area contributed by atoms with Crippen LogP contribution in [0, 0.1) is 5.41 Å². The van der Waals surface area contributed by atoms with Gasteiger partial charge in [0.2, 0.25) is 0 Å². The fourth-order valence-corrected chi connectivity index (χ4v) is 2.28. The second-order valence-electron chi connectivity index (χ2n) is 5.19. The van der Waals surface area contributed by atoms with E-state index in [1.165, 1.54) is 6.42 Å². The van der Waals surface area contributed by atoms with Gasteiger partial charge in [0.25, 0.3) is 5.91 Å². The van der Waals surface area contributed by atoms with Crippen LogP contribution in [0.4, 0.5) is 0 Å². The van der Waals surface area contributed by atoms with Crippen molar-refractivity contribution in [1.82, 2.24) is 9.88 Å². The SMILES string of the molecule is CCC1(C)CCN(C(=O)c2ccncc2)CC1. The van der Waals surface area contributed by atoms with E-state index in [2.05, 4.69) is 18.8 Å². The molecule has 1 aliphatic heterocycles. The van der Waals surface area contributed by atoms with Crippen LogP contribution in [0.1, 0.15) is 43.5 Å². The number of piperidine rings is 1. The molecule has 3 nitrogen and oxygen atoms in total. The minimum absolute atomic E-state index is 0.144. The van der Waals surface area contributed by atoms with Gasteiger partial charge in [-0.3, -0.25) is 9.78 Å². The third-order valence-electron chi connectivity index (χ3n) is 4.04. The summed E-state index contributed by atoms with van der Waals surface area (Å²) in [6, 6.07) is 3.58. The molecule has 2 rings (SSSR count). The molecule has 0 aliphatic carbocycles. The number of likely N-dealkylation sites (tertiary alicyclic amines) is 1. The van der Waals surface area contributed by atoms with Gasteiger partial charge in [0.15, 0.2) is 0 Å². The molecule has 92 valence electrons. The predicted octanol–water partition coefficient (Wildman–Crippen LogP) is 2.73. The standard InChI is InChI=1S/C14H20N2O/c1-3-14(2)6-10-16(11-7-14)13(17)12-4-8-15-9-5-12/h4-5,8-9H,3,6-7,10-11H2,1-2H3. The van der Waals surface area contributed by atoms with E-state index in [0.717, 1.165) is 31.5 Å². The minimum atomic E-state index is 0.144. The molecule has 0 N–H and O–H groups in total. The van der Waals surface area contributed by atoms with E-state index in [1.54, 1.807) is 24.5 Å². The third-order valence-corrected chi connectivity index (χ3v) is 4.04. The third kappa shape index (κ3) is 2.65. The molecule has 1 aromatic rings. The number of aromatic nitrogens is 1. The van der Waals surface area contributed by atoms with Crippen LogP contribution in [-0.2, 0) is 0 Å². The first-order chi connectivity index (χ1) is 8.14. The normalized spacial score (nSPS) is 19.1. The maximum atomic E-state index is 12.2. The molecule has 3 heteroatoms. The summed E-state index contributed by atoms with van der Waals surface area (Å²) in [5.74, 6) is 0.144. The summed E-state index contributed by atoms with van der Waals surface area (Å²) in [4.78, 5) is 18.1. The van der Waals surface area contributed by atoms with Crippen molar-refractivity contribution in [2.24, 2.45) is 5.41 Å². The second-order valence-corrected chi connectivity index (χ2v) is 5.19. The average Bonchev–Trinajstić information content (AvgIpc) is 2.40. The van der Waals surface area contributed by atoms with Gasteiger partial charge in [0, 0.05) is 31.0 Å². The Kier molecular flexibility index (Phi) is 3.46. The minimum Gasteiger partial charge on any atom is -0.339 e. The summed E-state index contributed by atoms with van der Waals surface area (Å²) in [5.41, 5.74) is 1.18. The number of nitrogens with zero attached hydrogens (tertiary/aromatic N) is 2. The molecule has 0 spiro atoms. The van der Waals surface area contributed by atoms with Crippen molar-refractivity contribution in [3.05, 3.63) is 30.1 Å². The van der Waals surface area contributed by atoms with Gasteiger partial charge in [-0.05, 0) is 30.4 Å². The topological polar surface area (TPSA) is 33.2 Å². The Bertz CT molecular complexity index is 380. The summed E-state index contributed by atoms with van der Waals surface area (Å²) < 4.78 is 0. The van der Waals surface area contributed by atoms with Crippen molar-refractivity contribution in [3.8, 4) is 0 Å². The number of amides is 1. The van der Waals surface area contributed by atoms with Crippen molar-refractivity contribution in [1.29, 1.82) is 0 Å². The zero-order valence-electron chi connectivity index (χ0n) is 10.6. The number of carbonyl (C=O) groups excluding carboxylic acids is 1. The van der Waals surface area contributed by atoms with Crippen LogP contribution in [0.25, 0.3) is 0 Å². The van der Waals surface area contributed by atoms with Gasteiger partial charge in [-0.15, -0.1) is 0 Å². The molecule has 1 saturated heterocycles. The Balaban J connectivity index is 2.00. The molecule has 1 aromatic heterocycles. The highest BCUT2D eigenvalue weighted by Gasteiger charge is 2.30. The summed E-state index contributed by atoms with van der Waals surface area (Å²) in [6.45, 7) is 6.32. The van der Waals surface area contributed by atoms with E-state index in [1.807, 2.05) is 4.90 Å². The lowest BCUT2D eigenvalue weighted by Crippen LogP contribution is -2.41. The first-order valence-electron chi connectivity index (χ1n) is 6.34. The van der Waals surface area contributed by atoms with Crippen molar-refractivity contribution >= 4 is 5.91 Å². The van der Waals surface area contributed by atoms with Crippen LogP contribution in [-0.4, -0.2) is 28.9 Å². The van der Waals surface area contributed by atoms with E-state index >= 15 is 0 Å². The van der Waals surface area contributed by atoms with Crippen molar-refractivity contribution in [3.63, 3.8) is 0 Å². The van der Waals surface area contributed by atoms with Gasteiger partial charge in [-0.2, -0.15) is 0 Å². The molecule has 1 amide bonds. The Morgan fingerprint density at radius 2 is 1.94 bits per heavy atom. The Morgan fingerprint density at radius 1 is 1.35 bits per heavy atom. The average molecular weight is 232 g/mol. The van der Waals surface area contributed by atoms with Gasteiger partial charge in [-0.25, -0.2) is 0 Å². The van der Waals surface area contributed by atoms with E-state index in [4.69, 9.17) is 0 Å². The molecular weight excluding hydrogens is 212 g/mol. The van der Waals surface area contributed by atoms with Crippen LogP contribution in [0.5, 0.6) is 0 Å².